The summed E-state index contributed by atoms with van der Waals surface area (Å²) in [5.41, 5.74) is 2.74. The van der Waals surface area contributed by atoms with Crippen LogP contribution in [0, 0.1) is 0 Å². The first-order valence-corrected chi connectivity index (χ1v) is 11.5. The van der Waals surface area contributed by atoms with E-state index in [1.54, 1.807) is 54.6 Å². The van der Waals surface area contributed by atoms with Crippen LogP contribution in [0.4, 0.5) is 10.5 Å². The number of pyridine rings is 1. The van der Waals surface area contributed by atoms with E-state index in [0.29, 0.717) is 23.6 Å². The minimum atomic E-state index is -3.81. The van der Waals surface area contributed by atoms with Crippen molar-refractivity contribution in [3.8, 4) is 5.75 Å². The number of nitrogens with zero attached hydrogens (tertiary/aromatic N) is 1. The topological polar surface area (TPSA) is 97.4 Å². The third-order valence-electron chi connectivity index (χ3n) is 4.60. The zero-order valence-electron chi connectivity index (χ0n) is 17.1. The number of hydrogen-bond donors (Lipinski definition) is 2. The van der Waals surface area contributed by atoms with Gasteiger partial charge in [-0.1, -0.05) is 54.6 Å². The third kappa shape index (κ3) is 7.30. The molecule has 4 rings (SSSR count). The van der Waals surface area contributed by atoms with E-state index >= 15 is 0 Å². The SMILES string of the molecule is O=C(Nc1ccc(OCc2ccc3ccccc3n2)cc1)NS(=O)(=O)Cc1ccccc1.[NaH]. The van der Waals surface area contributed by atoms with E-state index < -0.39 is 16.1 Å². The summed E-state index contributed by atoms with van der Waals surface area (Å²) in [6.07, 6.45) is 0. The van der Waals surface area contributed by atoms with Gasteiger partial charge in [-0.15, -0.1) is 0 Å². The Labute approximate surface area is 214 Å². The molecule has 0 atom stereocenters. The van der Waals surface area contributed by atoms with Crippen molar-refractivity contribution in [2.45, 2.75) is 12.4 Å². The summed E-state index contributed by atoms with van der Waals surface area (Å²) in [5, 5.41) is 3.57. The molecule has 2 amide bonds. The molecule has 0 unspecified atom stereocenters. The molecule has 164 valence electrons. The van der Waals surface area contributed by atoms with E-state index in [0.717, 1.165) is 16.6 Å². The molecule has 0 saturated carbocycles. The summed E-state index contributed by atoms with van der Waals surface area (Å²) >= 11 is 0. The number of benzene rings is 3. The number of rotatable bonds is 7. The summed E-state index contributed by atoms with van der Waals surface area (Å²) in [4.78, 5) is 16.6. The summed E-state index contributed by atoms with van der Waals surface area (Å²) in [6, 6.07) is 26.2. The van der Waals surface area contributed by atoms with Crippen LogP contribution in [0.25, 0.3) is 10.9 Å². The molecule has 33 heavy (non-hydrogen) atoms. The Kier molecular flexibility index (Phi) is 8.46. The molecule has 0 radical (unpaired) electrons. The van der Waals surface area contributed by atoms with Gasteiger partial charge in [0.2, 0.25) is 10.0 Å². The van der Waals surface area contributed by atoms with Crippen LogP contribution in [0.2, 0.25) is 0 Å². The van der Waals surface area contributed by atoms with Gasteiger partial charge in [0.25, 0.3) is 0 Å². The summed E-state index contributed by atoms with van der Waals surface area (Å²) in [7, 11) is -3.81. The third-order valence-corrected chi connectivity index (χ3v) is 5.81. The van der Waals surface area contributed by atoms with Crippen molar-refractivity contribution in [3.05, 3.63) is 102 Å². The van der Waals surface area contributed by atoms with Crippen molar-refractivity contribution in [2.75, 3.05) is 5.32 Å². The first kappa shape index (κ1) is 24.7. The number of ether oxygens (including phenoxy) is 1. The van der Waals surface area contributed by atoms with E-state index in [1.165, 1.54) is 0 Å². The molecule has 4 aromatic rings. The molecule has 1 aromatic heterocycles. The molecule has 0 aliphatic heterocycles. The molecule has 3 aromatic carbocycles. The Hall–Kier alpha value is -2.91. The van der Waals surface area contributed by atoms with Crippen molar-refractivity contribution in [1.82, 2.24) is 9.71 Å². The number of carbonyl (C=O) groups excluding carboxylic acids is 1. The molecule has 0 saturated heterocycles. The standard InChI is InChI=1S/C24H21N3O4S.Na.H/c28-24(27-32(29,30)17-18-6-2-1-3-7-18)26-20-12-14-22(15-13-20)31-16-21-11-10-19-8-4-5-9-23(19)25-21;;/h1-15H,16-17H2,(H2,26,27,28);;. The van der Waals surface area contributed by atoms with Gasteiger partial charge in [0.1, 0.15) is 12.4 Å². The van der Waals surface area contributed by atoms with E-state index in [4.69, 9.17) is 4.74 Å². The maximum absolute atomic E-state index is 12.2. The van der Waals surface area contributed by atoms with Gasteiger partial charge in [0.15, 0.2) is 0 Å². The molecule has 9 heteroatoms. The molecule has 0 aliphatic carbocycles. The molecule has 0 fully saturated rings. The van der Waals surface area contributed by atoms with Crippen LogP contribution >= 0.6 is 0 Å². The Balaban J connectivity index is 0.00000306. The number of aromatic nitrogens is 1. The number of fused-ring (bicyclic) bond motifs is 1. The first-order chi connectivity index (χ1) is 15.5. The van der Waals surface area contributed by atoms with Gasteiger partial charge in [0.05, 0.1) is 17.0 Å². The monoisotopic (exact) mass is 471 g/mol. The summed E-state index contributed by atoms with van der Waals surface area (Å²) < 4.78 is 32.1. The molecule has 0 aliphatic rings. The summed E-state index contributed by atoms with van der Waals surface area (Å²) in [6.45, 7) is 0.301. The average molecular weight is 472 g/mol. The van der Waals surface area contributed by atoms with E-state index in [9.17, 15) is 13.2 Å². The van der Waals surface area contributed by atoms with E-state index in [2.05, 4.69) is 10.3 Å². The fourth-order valence-corrected chi connectivity index (χ4v) is 4.14. The molecule has 0 spiro atoms. The molecular weight excluding hydrogens is 449 g/mol. The molecule has 2 N–H and O–H groups in total. The van der Waals surface area contributed by atoms with Crippen LogP contribution < -0.4 is 14.8 Å². The van der Waals surface area contributed by atoms with Crippen LogP contribution in [-0.4, -0.2) is 49.0 Å². The van der Waals surface area contributed by atoms with Crippen molar-refractivity contribution in [1.29, 1.82) is 0 Å². The number of carbonyl (C=O) groups is 1. The van der Waals surface area contributed by atoms with Gasteiger partial charge in [-0.05, 0) is 42.0 Å². The number of hydrogen-bond acceptors (Lipinski definition) is 5. The minimum absolute atomic E-state index is 0. The van der Waals surface area contributed by atoms with Gasteiger partial charge in [-0.25, -0.2) is 22.9 Å². The maximum atomic E-state index is 12.2. The van der Waals surface area contributed by atoms with Gasteiger partial charge < -0.3 is 10.1 Å². The van der Waals surface area contributed by atoms with Crippen LogP contribution in [-0.2, 0) is 22.4 Å². The average Bonchev–Trinajstić information content (AvgIpc) is 2.78. The number of sulfonamides is 1. The summed E-state index contributed by atoms with van der Waals surface area (Å²) in [5.74, 6) is 0.319. The van der Waals surface area contributed by atoms with Crippen molar-refractivity contribution < 1.29 is 17.9 Å². The zero-order valence-corrected chi connectivity index (χ0v) is 17.9. The second-order valence-corrected chi connectivity index (χ2v) is 8.83. The molecule has 7 nitrogen and oxygen atoms in total. The van der Waals surface area contributed by atoms with Gasteiger partial charge >= 0.3 is 35.6 Å². The second-order valence-electron chi connectivity index (χ2n) is 7.11. The number of amides is 2. The number of para-hydroxylation sites is 1. The van der Waals surface area contributed by atoms with Gasteiger partial charge in [-0.3, -0.25) is 0 Å². The fourth-order valence-electron chi connectivity index (χ4n) is 3.11. The fraction of sp³-hybridized carbons (Fsp3) is 0.0833. The van der Waals surface area contributed by atoms with Crippen LogP contribution in [0.1, 0.15) is 11.3 Å². The number of urea groups is 1. The van der Waals surface area contributed by atoms with Crippen LogP contribution in [0.15, 0.2) is 91.0 Å². The number of nitrogens with one attached hydrogen (secondary N) is 2. The predicted molar refractivity (Wildman–Crippen MR) is 131 cm³/mol. The Bertz CT molecular complexity index is 1330. The van der Waals surface area contributed by atoms with Crippen molar-refractivity contribution >= 4 is 62.2 Å². The normalized spacial score (nSPS) is 10.8. The number of anilines is 1. The first-order valence-electron chi connectivity index (χ1n) is 9.90. The van der Waals surface area contributed by atoms with Crippen LogP contribution in [0.3, 0.4) is 0 Å². The Morgan fingerprint density at radius 3 is 2.30 bits per heavy atom. The van der Waals surface area contributed by atoms with Gasteiger partial charge in [-0.2, -0.15) is 0 Å². The molecule has 0 bridgehead atoms. The predicted octanol–water partition coefficient (Wildman–Crippen LogP) is 3.82. The Morgan fingerprint density at radius 2 is 1.55 bits per heavy atom. The van der Waals surface area contributed by atoms with E-state index in [-0.39, 0.29) is 35.3 Å². The zero-order chi connectivity index (χ0) is 22.4. The second kappa shape index (κ2) is 11.3. The molecule has 1 heterocycles. The van der Waals surface area contributed by atoms with Crippen molar-refractivity contribution in [3.63, 3.8) is 0 Å². The van der Waals surface area contributed by atoms with Gasteiger partial charge in [0, 0.05) is 11.1 Å². The van der Waals surface area contributed by atoms with Crippen LogP contribution in [0.5, 0.6) is 5.75 Å². The van der Waals surface area contributed by atoms with E-state index in [1.807, 2.05) is 41.1 Å². The molecular formula is C24H22N3NaO4S. The Morgan fingerprint density at radius 1 is 0.848 bits per heavy atom. The van der Waals surface area contributed by atoms with Crippen molar-refractivity contribution in [2.24, 2.45) is 0 Å². The quantitative estimate of drug-likeness (QED) is 0.400.